The summed E-state index contributed by atoms with van der Waals surface area (Å²) >= 11 is 0. The van der Waals surface area contributed by atoms with E-state index in [4.69, 9.17) is 9.40 Å². The Morgan fingerprint density at radius 2 is 0.881 bits per heavy atom. The standard InChI is InChI=1S/C63H42N2OSi/c1-5-18-43(19-6-1)48-41-57(47-21-17-28-52(38-47)67(49-22-7-2-8-23-49,50-24-9-3-10-25-50)51-26-11-4-12-27-51)64-62(42-48)65-58-35-33-45(40-56(58)63-53-29-14-13-20-44(53)32-36-59(63)65)46-34-37-61-55(39-46)54-30-15-16-31-60(54)66-61/h1-42H. The van der Waals surface area contributed by atoms with Crippen LogP contribution < -0.4 is 20.7 Å². The third-order valence-electron chi connectivity index (χ3n) is 13.7. The van der Waals surface area contributed by atoms with E-state index in [1.165, 1.54) is 42.3 Å². The number of fused-ring (bicyclic) bond motifs is 8. The van der Waals surface area contributed by atoms with Gasteiger partial charge in [-0.05, 0) is 102 Å². The summed E-state index contributed by atoms with van der Waals surface area (Å²) in [5.74, 6) is 0.869. The van der Waals surface area contributed by atoms with E-state index in [1.54, 1.807) is 0 Å². The zero-order chi connectivity index (χ0) is 44.3. The van der Waals surface area contributed by atoms with Crippen LogP contribution in [-0.4, -0.2) is 17.6 Å². The van der Waals surface area contributed by atoms with Gasteiger partial charge in [-0.3, -0.25) is 4.57 Å². The van der Waals surface area contributed by atoms with E-state index >= 15 is 0 Å². The number of aromatic nitrogens is 2. The molecular weight excluding hydrogens is 829 g/mol. The highest BCUT2D eigenvalue weighted by Gasteiger charge is 2.41. The first-order valence-electron chi connectivity index (χ1n) is 22.9. The van der Waals surface area contributed by atoms with E-state index in [-0.39, 0.29) is 0 Å². The van der Waals surface area contributed by atoms with E-state index in [0.717, 1.165) is 72.3 Å². The number of para-hydroxylation sites is 1. The molecule has 0 bridgehead atoms. The SMILES string of the molecule is c1ccc(-c2cc(-c3cccc([Si](c4ccccc4)(c4ccccc4)c4ccccc4)c3)nc(-n3c4ccc(-c5ccc6oc7ccccc7c6c5)cc4c4c5ccccc5ccc43)c2)cc1. The maximum absolute atomic E-state index is 6.23. The Hall–Kier alpha value is -8.57. The van der Waals surface area contributed by atoms with Crippen molar-refractivity contribution in [2.45, 2.75) is 0 Å². The highest BCUT2D eigenvalue weighted by molar-refractivity contribution is 7.19. The fourth-order valence-corrected chi connectivity index (χ4v) is 15.5. The number of benzene rings is 10. The maximum atomic E-state index is 6.23. The van der Waals surface area contributed by atoms with Gasteiger partial charge < -0.3 is 4.42 Å². The van der Waals surface area contributed by atoms with Gasteiger partial charge in [0.2, 0.25) is 0 Å². The Morgan fingerprint density at radius 3 is 1.60 bits per heavy atom. The van der Waals surface area contributed by atoms with E-state index in [1.807, 2.05) is 12.1 Å². The Morgan fingerprint density at radius 1 is 0.328 bits per heavy atom. The van der Waals surface area contributed by atoms with Gasteiger partial charge in [-0.15, -0.1) is 0 Å². The van der Waals surface area contributed by atoms with Crippen molar-refractivity contribution in [1.82, 2.24) is 9.55 Å². The van der Waals surface area contributed by atoms with Gasteiger partial charge in [-0.25, -0.2) is 4.98 Å². The van der Waals surface area contributed by atoms with Gasteiger partial charge in [0.15, 0.2) is 8.07 Å². The summed E-state index contributed by atoms with van der Waals surface area (Å²) in [6.07, 6.45) is 0. The van der Waals surface area contributed by atoms with Crippen LogP contribution in [0.15, 0.2) is 259 Å². The molecule has 13 rings (SSSR count). The molecule has 10 aromatic carbocycles. The highest BCUT2D eigenvalue weighted by atomic mass is 28.3. The number of furan rings is 1. The van der Waals surface area contributed by atoms with Crippen molar-refractivity contribution in [1.29, 1.82) is 0 Å². The topological polar surface area (TPSA) is 31.0 Å². The fourth-order valence-electron chi connectivity index (χ4n) is 10.7. The summed E-state index contributed by atoms with van der Waals surface area (Å²) < 4.78 is 8.61. The highest BCUT2D eigenvalue weighted by Crippen LogP contribution is 2.41. The van der Waals surface area contributed by atoms with Crippen LogP contribution in [0.25, 0.3) is 93.8 Å². The lowest BCUT2D eigenvalue weighted by atomic mass is 9.99. The molecule has 3 aromatic heterocycles. The molecule has 0 unspecified atom stereocenters. The molecule has 314 valence electrons. The lowest BCUT2D eigenvalue weighted by molar-refractivity contribution is 0.669. The molecule has 13 aromatic rings. The van der Waals surface area contributed by atoms with Crippen LogP contribution >= 0.6 is 0 Å². The van der Waals surface area contributed by atoms with Gasteiger partial charge >= 0.3 is 0 Å². The first-order chi connectivity index (χ1) is 33.2. The van der Waals surface area contributed by atoms with Gasteiger partial charge in [0.25, 0.3) is 0 Å². The quantitative estimate of drug-likeness (QED) is 0.113. The molecule has 67 heavy (non-hydrogen) atoms. The lowest BCUT2D eigenvalue weighted by Gasteiger charge is -2.34. The third kappa shape index (κ3) is 6.37. The Labute approximate surface area is 389 Å². The van der Waals surface area contributed by atoms with Crippen molar-refractivity contribution in [3.63, 3.8) is 0 Å². The van der Waals surface area contributed by atoms with Gasteiger partial charge in [-0.1, -0.05) is 206 Å². The maximum Gasteiger partial charge on any atom is 0.179 e. The fraction of sp³-hybridized carbons (Fsp3) is 0. The van der Waals surface area contributed by atoms with Crippen LogP contribution in [0, 0.1) is 0 Å². The van der Waals surface area contributed by atoms with Gasteiger partial charge in [-0.2, -0.15) is 0 Å². The summed E-state index contributed by atoms with van der Waals surface area (Å²) in [7, 11) is -2.80. The molecule has 3 nitrogen and oxygen atoms in total. The van der Waals surface area contributed by atoms with Crippen molar-refractivity contribution in [3.8, 4) is 39.3 Å². The monoisotopic (exact) mass is 870 g/mol. The smallest absolute Gasteiger partial charge is 0.179 e. The summed E-state index contributed by atoms with van der Waals surface area (Å²) in [6, 6.07) is 92.9. The van der Waals surface area contributed by atoms with Crippen LogP contribution in [0.4, 0.5) is 0 Å². The molecule has 0 aliphatic rings. The molecule has 0 aliphatic heterocycles. The Balaban J connectivity index is 1.05. The van der Waals surface area contributed by atoms with Crippen molar-refractivity contribution >= 4 is 83.3 Å². The van der Waals surface area contributed by atoms with Crippen molar-refractivity contribution < 1.29 is 4.42 Å². The van der Waals surface area contributed by atoms with Crippen LogP contribution in [-0.2, 0) is 0 Å². The lowest BCUT2D eigenvalue weighted by Crippen LogP contribution is -2.74. The average Bonchev–Trinajstić information content (AvgIpc) is 3.95. The van der Waals surface area contributed by atoms with Gasteiger partial charge in [0.05, 0.1) is 16.7 Å². The molecule has 0 saturated heterocycles. The number of hydrogen-bond acceptors (Lipinski definition) is 2. The minimum atomic E-state index is -2.80. The molecular formula is C63H42N2OSi. The predicted molar refractivity (Wildman–Crippen MR) is 283 cm³/mol. The number of hydrogen-bond donors (Lipinski definition) is 0. The van der Waals surface area contributed by atoms with E-state index in [9.17, 15) is 0 Å². The van der Waals surface area contributed by atoms with Crippen molar-refractivity contribution in [3.05, 3.63) is 255 Å². The molecule has 0 fully saturated rings. The molecule has 0 amide bonds. The summed E-state index contributed by atoms with van der Waals surface area (Å²) in [4.78, 5) is 5.70. The first kappa shape index (κ1) is 38.8. The summed E-state index contributed by atoms with van der Waals surface area (Å²) in [6.45, 7) is 0. The van der Waals surface area contributed by atoms with Gasteiger partial charge in [0.1, 0.15) is 17.0 Å². The van der Waals surface area contributed by atoms with Crippen LogP contribution in [0.2, 0.25) is 0 Å². The largest absolute Gasteiger partial charge is 0.456 e. The minimum Gasteiger partial charge on any atom is -0.456 e. The average molecular weight is 871 g/mol. The molecule has 3 heterocycles. The predicted octanol–water partition coefficient (Wildman–Crippen LogP) is 13.6. The molecule has 0 saturated carbocycles. The molecule has 0 aliphatic carbocycles. The second-order valence-corrected chi connectivity index (χ2v) is 21.3. The zero-order valence-electron chi connectivity index (χ0n) is 36.6. The van der Waals surface area contributed by atoms with Crippen LogP contribution in [0.1, 0.15) is 0 Å². The van der Waals surface area contributed by atoms with E-state index in [0.29, 0.717) is 0 Å². The van der Waals surface area contributed by atoms with Crippen molar-refractivity contribution in [2.24, 2.45) is 0 Å². The Kier molecular flexibility index (Phi) is 9.19. The molecule has 0 spiro atoms. The molecule has 0 radical (unpaired) electrons. The first-order valence-corrected chi connectivity index (χ1v) is 24.9. The summed E-state index contributed by atoms with van der Waals surface area (Å²) in [5.41, 5.74) is 10.6. The van der Waals surface area contributed by atoms with Crippen molar-refractivity contribution in [2.75, 3.05) is 0 Å². The number of rotatable bonds is 8. The van der Waals surface area contributed by atoms with Crippen LogP contribution in [0.5, 0.6) is 0 Å². The van der Waals surface area contributed by atoms with Gasteiger partial charge in [0, 0.05) is 27.1 Å². The zero-order valence-corrected chi connectivity index (χ0v) is 37.6. The molecule has 0 atom stereocenters. The second kappa shape index (κ2) is 15.8. The molecule has 4 heteroatoms. The Bertz CT molecular complexity index is 3870. The number of pyridine rings is 1. The van der Waals surface area contributed by atoms with Crippen LogP contribution in [0.3, 0.4) is 0 Å². The summed E-state index contributed by atoms with van der Waals surface area (Å²) in [5, 5.41) is 12.4. The minimum absolute atomic E-state index is 0.869. The van der Waals surface area contributed by atoms with E-state index < -0.39 is 8.07 Å². The number of nitrogens with zero attached hydrogens (tertiary/aromatic N) is 2. The normalized spacial score (nSPS) is 11.9. The molecule has 0 N–H and O–H groups in total. The third-order valence-corrected chi connectivity index (χ3v) is 18.5. The van der Waals surface area contributed by atoms with E-state index in [2.05, 4.69) is 247 Å². The second-order valence-electron chi connectivity index (χ2n) is 17.5.